The van der Waals surface area contributed by atoms with Crippen molar-refractivity contribution < 1.29 is 24.5 Å². The molecule has 0 unspecified atom stereocenters. The molecule has 215 valence electrons. The zero-order chi connectivity index (χ0) is 29.1. The Labute approximate surface area is 266 Å². The van der Waals surface area contributed by atoms with Crippen molar-refractivity contribution in [2.24, 2.45) is 0 Å². The van der Waals surface area contributed by atoms with Crippen molar-refractivity contribution in [2.45, 2.75) is 33.6 Å². The van der Waals surface area contributed by atoms with Gasteiger partial charge in [-0.1, -0.05) is 78.7 Å². The molecule has 4 nitrogen and oxygen atoms in total. The first kappa shape index (κ1) is 30.0. The van der Waals surface area contributed by atoms with Crippen molar-refractivity contribution in [3.63, 3.8) is 0 Å². The Kier molecular flexibility index (Phi) is 9.25. The molecule has 0 spiro atoms. The molecular formula is C38H31IrN3O-2. The van der Waals surface area contributed by atoms with Crippen LogP contribution < -0.4 is 0 Å². The summed E-state index contributed by atoms with van der Waals surface area (Å²) in [6.45, 7) is 8.42. The Hall–Kier alpha value is -4.44. The van der Waals surface area contributed by atoms with Crippen LogP contribution in [-0.2, 0) is 20.1 Å². The van der Waals surface area contributed by atoms with E-state index in [4.69, 9.17) is 4.42 Å². The second-order valence-corrected chi connectivity index (χ2v) is 10.7. The van der Waals surface area contributed by atoms with Crippen LogP contribution in [0.2, 0.25) is 0 Å². The zero-order valence-electron chi connectivity index (χ0n) is 24.6. The SMILES string of the molecule is CC(C)c1c[c-]c(-c2ccccn2)cc1.Cc1ccc(-c2ccnc(-c3[c-]ccc4c3oc3nc(C)ccc34)c2)cc1.[Ir]. The fourth-order valence-electron chi connectivity index (χ4n) is 4.88. The average Bonchev–Trinajstić information content (AvgIpc) is 3.40. The molecule has 0 atom stereocenters. The molecule has 0 fully saturated rings. The van der Waals surface area contributed by atoms with E-state index in [9.17, 15) is 0 Å². The summed E-state index contributed by atoms with van der Waals surface area (Å²) in [5.74, 6) is 0.555. The van der Waals surface area contributed by atoms with Gasteiger partial charge in [0, 0.05) is 43.6 Å². The molecule has 3 aromatic carbocycles. The molecule has 43 heavy (non-hydrogen) atoms. The second kappa shape index (κ2) is 13.2. The van der Waals surface area contributed by atoms with Gasteiger partial charge in [0.1, 0.15) is 0 Å². The molecule has 0 N–H and O–H groups in total. The van der Waals surface area contributed by atoms with Crippen LogP contribution >= 0.6 is 0 Å². The summed E-state index contributed by atoms with van der Waals surface area (Å²) in [6.07, 6.45) is 3.64. The Balaban J connectivity index is 0.000000197. The van der Waals surface area contributed by atoms with Gasteiger partial charge in [-0.05, 0) is 60.6 Å². The molecule has 7 aromatic rings. The van der Waals surface area contributed by atoms with E-state index in [1.807, 2.05) is 55.6 Å². The molecule has 1 radical (unpaired) electrons. The van der Waals surface area contributed by atoms with Crippen molar-refractivity contribution in [1.29, 1.82) is 0 Å². The number of hydrogen-bond donors (Lipinski definition) is 0. The molecule has 0 aliphatic heterocycles. The van der Waals surface area contributed by atoms with Gasteiger partial charge < -0.3 is 14.4 Å². The third-order valence-corrected chi connectivity index (χ3v) is 7.28. The summed E-state index contributed by atoms with van der Waals surface area (Å²) in [6, 6.07) is 39.4. The standard InChI is InChI=1S/C24H17N2O.C14H14N.Ir/c1-15-6-9-17(10-7-15)18-12-13-25-22(14-18)21-5-3-4-19-20-11-8-16(2)26-24(20)27-23(19)21;1-11(2)12-6-8-13(9-7-12)14-5-3-4-10-15-14;/h3-4,6-14H,1-2H3;3-8,10-11H,1-2H3;/q2*-1;. The maximum absolute atomic E-state index is 6.10. The van der Waals surface area contributed by atoms with Crippen molar-refractivity contribution in [1.82, 2.24) is 15.0 Å². The summed E-state index contributed by atoms with van der Waals surface area (Å²) in [4.78, 5) is 13.4. The van der Waals surface area contributed by atoms with Crippen LogP contribution in [0, 0.1) is 26.0 Å². The van der Waals surface area contributed by atoms with Gasteiger partial charge in [-0.3, -0.25) is 0 Å². The molecule has 0 amide bonds. The Morgan fingerprint density at radius 3 is 2.26 bits per heavy atom. The molecule has 0 aliphatic carbocycles. The van der Waals surface area contributed by atoms with E-state index < -0.39 is 0 Å². The maximum Gasteiger partial charge on any atom is 0.216 e. The number of rotatable bonds is 4. The zero-order valence-corrected chi connectivity index (χ0v) is 26.9. The smallest absolute Gasteiger partial charge is 0.216 e. The van der Waals surface area contributed by atoms with Gasteiger partial charge in [0.15, 0.2) is 0 Å². The van der Waals surface area contributed by atoms with Crippen LogP contribution in [0.5, 0.6) is 0 Å². The fourth-order valence-corrected chi connectivity index (χ4v) is 4.88. The molecule has 5 heteroatoms. The van der Waals surface area contributed by atoms with Gasteiger partial charge >= 0.3 is 0 Å². The summed E-state index contributed by atoms with van der Waals surface area (Å²) < 4.78 is 6.10. The molecule has 7 rings (SSSR count). The number of hydrogen-bond acceptors (Lipinski definition) is 4. The van der Waals surface area contributed by atoms with Crippen LogP contribution in [0.4, 0.5) is 0 Å². The van der Waals surface area contributed by atoms with Crippen LogP contribution in [0.1, 0.15) is 36.6 Å². The van der Waals surface area contributed by atoms with Crippen molar-refractivity contribution in [3.8, 4) is 33.6 Å². The van der Waals surface area contributed by atoms with E-state index in [0.717, 1.165) is 50.1 Å². The first-order valence-corrected chi connectivity index (χ1v) is 14.1. The van der Waals surface area contributed by atoms with E-state index in [2.05, 4.69) is 102 Å². The third kappa shape index (κ3) is 6.64. The second-order valence-electron chi connectivity index (χ2n) is 10.7. The number of pyridine rings is 3. The summed E-state index contributed by atoms with van der Waals surface area (Å²) in [5, 5.41) is 2.05. The number of aryl methyl sites for hydroxylation is 2. The van der Waals surface area contributed by atoms with Gasteiger partial charge in [0.2, 0.25) is 5.71 Å². The molecule has 0 saturated heterocycles. The largest absolute Gasteiger partial charge is 0.486 e. The Bertz CT molecular complexity index is 1960. The normalized spacial score (nSPS) is 10.8. The van der Waals surface area contributed by atoms with Crippen LogP contribution in [0.3, 0.4) is 0 Å². The number of fused-ring (bicyclic) bond motifs is 3. The molecular weight excluding hydrogens is 707 g/mol. The van der Waals surface area contributed by atoms with Gasteiger partial charge in [-0.2, -0.15) is 0 Å². The number of nitrogens with zero attached hydrogens (tertiary/aromatic N) is 3. The number of aromatic nitrogens is 3. The third-order valence-electron chi connectivity index (χ3n) is 7.28. The van der Waals surface area contributed by atoms with Crippen LogP contribution in [0.25, 0.3) is 55.7 Å². The molecule has 0 bridgehead atoms. The first-order valence-electron chi connectivity index (χ1n) is 14.1. The molecule has 4 aromatic heterocycles. The minimum atomic E-state index is 0. The van der Waals surface area contributed by atoms with E-state index in [1.54, 1.807) is 6.20 Å². The predicted octanol–water partition coefficient (Wildman–Crippen LogP) is 9.80. The number of furan rings is 1. The minimum Gasteiger partial charge on any atom is -0.486 e. The van der Waals surface area contributed by atoms with Gasteiger partial charge in [-0.25, -0.2) is 4.98 Å². The molecule has 4 heterocycles. The Morgan fingerprint density at radius 2 is 1.53 bits per heavy atom. The van der Waals surface area contributed by atoms with Crippen molar-refractivity contribution >= 4 is 22.1 Å². The van der Waals surface area contributed by atoms with E-state index in [1.165, 1.54) is 16.7 Å². The van der Waals surface area contributed by atoms with Gasteiger partial charge in [0.05, 0.1) is 5.58 Å². The maximum atomic E-state index is 6.10. The van der Waals surface area contributed by atoms with Crippen LogP contribution in [0.15, 0.2) is 114 Å². The topological polar surface area (TPSA) is 51.8 Å². The van der Waals surface area contributed by atoms with Gasteiger partial charge in [-0.15, -0.1) is 53.6 Å². The Morgan fingerprint density at radius 1 is 0.721 bits per heavy atom. The van der Waals surface area contributed by atoms with E-state index in [-0.39, 0.29) is 20.1 Å². The monoisotopic (exact) mass is 738 g/mol. The van der Waals surface area contributed by atoms with Crippen LogP contribution in [-0.4, -0.2) is 15.0 Å². The van der Waals surface area contributed by atoms with Crippen molar-refractivity contribution in [3.05, 3.63) is 138 Å². The average molecular weight is 738 g/mol. The minimum absolute atomic E-state index is 0. The first-order chi connectivity index (χ1) is 20.5. The number of benzene rings is 3. The predicted molar refractivity (Wildman–Crippen MR) is 171 cm³/mol. The van der Waals surface area contributed by atoms with Crippen molar-refractivity contribution in [2.75, 3.05) is 0 Å². The van der Waals surface area contributed by atoms with Gasteiger partial charge in [0.25, 0.3) is 0 Å². The van der Waals surface area contributed by atoms with E-state index >= 15 is 0 Å². The summed E-state index contributed by atoms with van der Waals surface area (Å²) in [7, 11) is 0. The quantitative estimate of drug-likeness (QED) is 0.169. The summed E-state index contributed by atoms with van der Waals surface area (Å²) >= 11 is 0. The van der Waals surface area contributed by atoms with E-state index in [0.29, 0.717) is 11.6 Å². The molecule has 0 aliphatic rings. The summed E-state index contributed by atoms with van der Waals surface area (Å²) in [5.41, 5.74) is 10.9. The molecule has 0 saturated carbocycles. The fraction of sp³-hybridized carbons (Fsp3) is 0.132.